The summed E-state index contributed by atoms with van der Waals surface area (Å²) in [7, 11) is 0. The van der Waals surface area contributed by atoms with Crippen molar-refractivity contribution in [1.29, 1.82) is 0 Å². The van der Waals surface area contributed by atoms with Crippen LogP contribution in [0.1, 0.15) is 35.6 Å². The highest BCUT2D eigenvalue weighted by molar-refractivity contribution is 5.89. The maximum absolute atomic E-state index is 13.1. The molecular formula is C34H34O13. The van der Waals surface area contributed by atoms with Crippen molar-refractivity contribution in [2.24, 2.45) is 5.92 Å². The number of hydrogen-bond donors (Lipinski definition) is 8. The molecule has 248 valence electrons. The van der Waals surface area contributed by atoms with E-state index in [0.717, 1.165) is 48.1 Å². The zero-order valence-electron chi connectivity index (χ0n) is 25.1. The highest BCUT2D eigenvalue weighted by Crippen LogP contribution is 2.44. The summed E-state index contributed by atoms with van der Waals surface area (Å²) in [4.78, 5) is 38.6. The number of aromatic hydroxyl groups is 4. The van der Waals surface area contributed by atoms with Gasteiger partial charge in [0.25, 0.3) is 5.79 Å². The molecular weight excluding hydrogens is 616 g/mol. The van der Waals surface area contributed by atoms with Crippen LogP contribution in [0.3, 0.4) is 0 Å². The molecule has 4 rings (SSSR count). The van der Waals surface area contributed by atoms with Gasteiger partial charge in [-0.15, -0.1) is 0 Å². The van der Waals surface area contributed by atoms with Crippen molar-refractivity contribution in [2.75, 3.05) is 0 Å². The molecule has 0 unspecified atom stereocenters. The minimum absolute atomic E-state index is 0.232. The van der Waals surface area contributed by atoms with Gasteiger partial charge in [-0.05, 0) is 71.5 Å². The van der Waals surface area contributed by atoms with Crippen molar-refractivity contribution in [2.45, 2.75) is 49.8 Å². The Morgan fingerprint density at radius 2 is 1.36 bits per heavy atom. The van der Waals surface area contributed by atoms with Crippen LogP contribution in [-0.4, -0.2) is 82.4 Å². The van der Waals surface area contributed by atoms with E-state index in [9.17, 15) is 55.2 Å². The number of hydrogen-bond acceptors (Lipinski definition) is 12. The number of aliphatic carboxylic acids is 1. The van der Waals surface area contributed by atoms with Gasteiger partial charge in [-0.2, -0.15) is 0 Å². The van der Waals surface area contributed by atoms with Gasteiger partial charge in [-0.25, -0.2) is 14.4 Å². The average molecular weight is 651 g/mol. The van der Waals surface area contributed by atoms with Crippen molar-refractivity contribution in [3.05, 3.63) is 95.1 Å². The predicted octanol–water partition coefficient (Wildman–Crippen LogP) is 2.38. The van der Waals surface area contributed by atoms with Crippen LogP contribution in [0, 0.1) is 5.92 Å². The first-order chi connectivity index (χ1) is 22.2. The number of carboxylic acids is 1. The van der Waals surface area contributed by atoms with Crippen molar-refractivity contribution in [3.8, 4) is 23.0 Å². The molecule has 47 heavy (non-hydrogen) atoms. The normalized spacial score (nSPS) is 24.3. The third-order valence-corrected chi connectivity index (χ3v) is 7.92. The lowest BCUT2D eigenvalue weighted by Crippen LogP contribution is -2.71. The maximum atomic E-state index is 13.1. The van der Waals surface area contributed by atoms with E-state index in [2.05, 4.69) is 0 Å². The lowest BCUT2D eigenvalue weighted by atomic mass is 9.67. The van der Waals surface area contributed by atoms with E-state index in [1.54, 1.807) is 18.2 Å². The summed E-state index contributed by atoms with van der Waals surface area (Å²) in [6, 6.07) is 14.2. The monoisotopic (exact) mass is 650 g/mol. The first kappa shape index (κ1) is 34.5. The summed E-state index contributed by atoms with van der Waals surface area (Å²) in [5, 5.41) is 82.9. The van der Waals surface area contributed by atoms with Crippen molar-refractivity contribution in [1.82, 2.24) is 0 Å². The molecule has 0 aliphatic heterocycles. The Bertz CT molecular complexity index is 1710. The molecule has 0 aromatic heterocycles. The number of aliphatic hydroxyl groups excluding tert-OH is 1. The van der Waals surface area contributed by atoms with Gasteiger partial charge in [0, 0.05) is 24.5 Å². The van der Waals surface area contributed by atoms with Gasteiger partial charge in [0.15, 0.2) is 34.7 Å². The molecule has 13 heteroatoms. The minimum Gasteiger partial charge on any atom is -0.504 e. The number of benzene rings is 3. The number of carbonyl (C=O) groups excluding carboxylic acids is 2. The van der Waals surface area contributed by atoms with E-state index in [1.807, 2.05) is 13.0 Å². The molecule has 13 nitrogen and oxygen atoms in total. The zero-order valence-corrected chi connectivity index (χ0v) is 25.1. The molecule has 1 aliphatic carbocycles. The molecule has 3 aromatic rings. The quantitative estimate of drug-likeness (QED) is 0.0683. The third-order valence-electron chi connectivity index (χ3n) is 7.92. The lowest BCUT2D eigenvalue weighted by molar-refractivity contribution is -0.330. The van der Waals surface area contributed by atoms with Crippen LogP contribution in [0.5, 0.6) is 23.0 Å². The molecule has 5 atom stereocenters. The van der Waals surface area contributed by atoms with E-state index in [-0.39, 0.29) is 17.5 Å². The predicted molar refractivity (Wildman–Crippen MR) is 165 cm³/mol. The van der Waals surface area contributed by atoms with E-state index in [1.165, 1.54) is 18.2 Å². The van der Waals surface area contributed by atoms with Gasteiger partial charge in [-0.3, -0.25) is 0 Å². The minimum atomic E-state index is -3.08. The molecule has 0 spiro atoms. The Kier molecular flexibility index (Phi) is 10.2. The Balaban J connectivity index is 1.73. The summed E-state index contributed by atoms with van der Waals surface area (Å²) < 4.78 is 10.8. The second-order valence-electron chi connectivity index (χ2n) is 11.1. The highest BCUT2D eigenvalue weighted by Gasteiger charge is 2.66. The first-order valence-electron chi connectivity index (χ1n) is 14.4. The number of esters is 2. The Morgan fingerprint density at radius 3 is 1.89 bits per heavy atom. The molecule has 0 bridgehead atoms. The Hall–Kier alpha value is -5.37. The van der Waals surface area contributed by atoms with Gasteiger partial charge in [0.05, 0.1) is 0 Å². The molecule has 1 fully saturated rings. The van der Waals surface area contributed by atoms with E-state index in [4.69, 9.17) is 9.47 Å². The van der Waals surface area contributed by atoms with E-state index >= 15 is 0 Å². The first-order valence-corrected chi connectivity index (χ1v) is 14.4. The van der Waals surface area contributed by atoms with Crippen molar-refractivity contribution >= 4 is 30.1 Å². The third kappa shape index (κ3) is 7.72. The molecule has 1 saturated carbocycles. The van der Waals surface area contributed by atoms with Crippen LogP contribution < -0.4 is 0 Å². The van der Waals surface area contributed by atoms with Crippen molar-refractivity contribution in [3.63, 3.8) is 0 Å². The van der Waals surface area contributed by atoms with Gasteiger partial charge >= 0.3 is 17.9 Å². The number of ether oxygens (including phenoxy) is 2. The zero-order chi connectivity index (χ0) is 34.5. The van der Waals surface area contributed by atoms with Gasteiger partial charge in [-0.1, -0.05) is 43.3 Å². The second-order valence-corrected chi connectivity index (χ2v) is 11.1. The molecule has 0 heterocycles. The highest BCUT2D eigenvalue weighted by atomic mass is 16.7. The van der Waals surface area contributed by atoms with Crippen LogP contribution >= 0.6 is 0 Å². The topological polar surface area (TPSA) is 232 Å². The fourth-order valence-corrected chi connectivity index (χ4v) is 5.34. The summed E-state index contributed by atoms with van der Waals surface area (Å²) in [5.74, 6) is -10.8. The SMILES string of the molecule is CCc1cccc(C[C@@H]2[C@@H](OC(=O)C=Cc3ccc(O)c(O)c3)[C@@](O)(OC(=O)C=Cc3ccc(O)c(O)c3)[C@H](O)C[C@]2(O)C(=O)O)c1. The molecule has 8 N–H and O–H groups in total. The Labute approximate surface area is 268 Å². The smallest absolute Gasteiger partial charge is 0.336 e. The number of aliphatic hydroxyl groups is 3. The van der Waals surface area contributed by atoms with Gasteiger partial charge in [0.1, 0.15) is 6.10 Å². The molecule has 0 amide bonds. The molecule has 3 aromatic carbocycles. The number of aryl methyl sites for hydroxylation is 1. The Morgan fingerprint density at radius 1 is 0.809 bits per heavy atom. The summed E-state index contributed by atoms with van der Waals surface area (Å²) in [6.07, 6.45) is -1.15. The average Bonchev–Trinajstić information content (AvgIpc) is 3.03. The summed E-state index contributed by atoms with van der Waals surface area (Å²) in [6.45, 7) is 1.89. The van der Waals surface area contributed by atoms with Crippen LogP contribution in [-0.2, 0) is 36.7 Å². The molecule has 0 saturated heterocycles. The van der Waals surface area contributed by atoms with E-state index < -0.39 is 76.8 Å². The van der Waals surface area contributed by atoms with Crippen LogP contribution in [0.4, 0.5) is 0 Å². The number of phenols is 4. The standard InChI is InChI=1S/C34H34O13/c1-2-19-4-3-5-22(14-19)15-23-31(46-29(40)12-8-20-6-10-24(35)26(37)16-20)34(45,28(39)18-33(23,44)32(42)43)47-30(41)13-9-21-7-11-25(36)27(38)17-21/h3-14,16-17,23,28,31,35-39,44-45H,2,15,18H2,1H3,(H,42,43)/t23-,28-,31-,33-,34+/m1/s1. The summed E-state index contributed by atoms with van der Waals surface area (Å²) in [5.41, 5.74) is -0.962. The number of phenolic OH excluding ortho intramolecular Hbond substituents is 4. The number of rotatable bonds is 10. The van der Waals surface area contributed by atoms with Gasteiger partial charge in [0.2, 0.25) is 0 Å². The molecule has 1 aliphatic rings. The van der Waals surface area contributed by atoms with Crippen LogP contribution in [0.25, 0.3) is 12.2 Å². The second kappa shape index (κ2) is 14.0. The fourth-order valence-electron chi connectivity index (χ4n) is 5.34. The van der Waals surface area contributed by atoms with Crippen LogP contribution in [0.2, 0.25) is 0 Å². The van der Waals surface area contributed by atoms with Gasteiger partial charge < -0.3 is 50.3 Å². The number of carbonyl (C=O) groups is 3. The largest absolute Gasteiger partial charge is 0.504 e. The fraction of sp³-hybridized carbons (Fsp3) is 0.265. The maximum Gasteiger partial charge on any atom is 0.336 e. The summed E-state index contributed by atoms with van der Waals surface area (Å²) >= 11 is 0. The molecule has 0 radical (unpaired) electrons. The lowest BCUT2D eigenvalue weighted by Gasteiger charge is -2.50. The van der Waals surface area contributed by atoms with Crippen molar-refractivity contribution < 1.29 is 64.7 Å². The van der Waals surface area contributed by atoms with Crippen LogP contribution in [0.15, 0.2) is 72.8 Å². The van der Waals surface area contributed by atoms with E-state index in [0.29, 0.717) is 12.0 Å². The number of carboxylic acid groups (broad SMARTS) is 1.